The highest BCUT2D eigenvalue weighted by molar-refractivity contribution is 5.49. The van der Waals surface area contributed by atoms with E-state index in [0.29, 0.717) is 6.42 Å². The average molecular weight is 183 g/mol. The predicted molar refractivity (Wildman–Crippen MR) is 51.8 cm³/mol. The normalized spacial score (nSPS) is 15.8. The second-order valence-corrected chi connectivity index (χ2v) is 3.28. The minimum atomic E-state index is 0.638. The molecule has 0 unspecified atom stereocenters. The Morgan fingerprint density at radius 3 is 3.08 bits per heavy atom. The lowest BCUT2D eigenvalue weighted by molar-refractivity contribution is -0.108. The lowest BCUT2D eigenvalue weighted by Crippen LogP contribution is -2.37. The fourth-order valence-corrected chi connectivity index (χ4v) is 1.39. The lowest BCUT2D eigenvalue weighted by atomic mass is 10.3. The van der Waals surface area contributed by atoms with E-state index < -0.39 is 0 Å². The van der Waals surface area contributed by atoms with Crippen molar-refractivity contribution in [3.63, 3.8) is 0 Å². The number of carbonyl (C=O) groups is 1. The van der Waals surface area contributed by atoms with Gasteiger partial charge >= 0.3 is 0 Å². The molecule has 4 heteroatoms. The Morgan fingerprint density at radius 1 is 1.69 bits per heavy atom. The zero-order valence-electron chi connectivity index (χ0n) is 8.29. The summed E-state index contributed by atoms with van der Waals surface area (Å²) in [6.07, 6.45) is 4.65. The molecule has 0 aromatic carbocycles. The number of hydrazine groups is 1. The Bertz CT molecular complexity index is 201. The number of nitrogens with one attached hydrogen (secondary N) is 1. The molecule has 1 N–H and O–H groups in total. The van der Waals surface area contributed by atoms with Crippen molar-refractivity contribution in [2.24, 2.45) is 0 Å². The lowest BCUT2D eigenvalue weighted by Gasteiger charge is -2.26. The van der Waals surface area contributed by atoms with Crippen molar-refractivity contribution in [2.75, 3.05) is 27.2 Å². The SMILES string of the molecule is CN(C)C1=CCNN1CCCC=O. The number of carbonyl (C=O) groups excluding carboxylic acids is 1. The molecular weight excluding hydrogens is 166 g/mol. The van der Waals surface area contributed by atoms with Crippen LogP contribution in [0, 0.1) is 0 Å². The van der Waals surface area contributed by atoms with E-state index in [0.717, 1.165) is 25.8 Å². The van der Waals surface area contributed by atoms with Crippen molar-refractivity contribution in [1.29, 1.82) is 0 Å². The molecule has 1 rings (SSSR count). The van der Waals surface area contributed by atoms with Crippen LogP contribution in [0.5, 0.6) is 0 Å². The van der Waals surface area contributed by atoms with E-state index in [-0.39, 0.29) is 0 Å². The maximum absolute atomic E-state index is 10.1. The molecule has 0 saturated heterocycles. The van der Waals surface area contributed by atoms with Crippen molar-refractivity contribution in [3.8, 4) is 0 Å². The second kappa shape index (κ2) is 4.87. The quantitative estimate of drug-likeness (QED) is 0.487. The van der Waals surface area contributed by atoms with E-state index in [1.165, 1.54) is 5.82 Å². The standard InChI is InChI=1S/C9H17N3O/c1-11(2)9-5-6-10-12(9)7-3-4-8-13/h5,8,10H,3-4,6-7H2,1-2H3. The molecule has 0 aromatic rings. The van der Waals surface area contributed by atoms with Gasteiger partial charge in [0.25, 0.3) is 0 Å². The van der Waals surface area contributed by atoms with Gasteiger partial charge in [0, 0.05) is 33.6 Å². The summed E-state index contributed by atoms with van der Waals surface area (Å²) in [5.41, 5.74) is 3.23. The number of aldehydes is 1. The number of unbranched alkanes of at least 4 members (excludes halogenated alkanes) is 1. The van der Waals surface area contributed by atoms with Gasteiger partial charge in [-0.25, -0.2) is 5.43 Å². The van der Waals surface area contributed by atoms with Gasteiger partial charge in [0.15, 0.2) is 0 Å². The zero-order chi connectivity index (χ0) is 9.68. The summed E-state index contributed by atoms with van der Waals surface area (Å²) in [5.74, 6) is 1.19. The molecule has 0 bridgehead atoms. The Balaban J connectivity index is 2.33. The van der Waals surface area contributed by atoms with Crippen LogP contribution in [0.1, 0.15) is 12.8 Å². The highest BCUT2D eigenvalue weighted by Gasteiger charge is 2.14. The van der Waals surface area contributed by atoms with E-state index in [2.05, 4.69) is 21.4 Å². The van der Waals surface area contributed by atoms with E-state index >= 15 is 0 Å². The summed E-state index contributed by atoms with van der Waals surface area (Å²) in [6, 6.07) is 0. The van der Waals surface area contributed by atoms with Crippen LogP contribution in [-0.2, 0) is 4.79 Å². The fraction of sp³-hybridized carbons (Fsp3) is 0.667. The summed E-state index contributed by atoms with van der Waals surface area (Å²) in [4.78, 5) is 12.2. The van der Waals surface area contributed by atoms with Gasteiger partial charge < -0.3 is 9.69 Å². The van der Waals surface area contributed by atoms with Crippen molar-refractivity contribution in [1.82, 2.24) is 15.3 Å². The molecule has 0 radical (unpaired) electrons. The van der Waals surface area contributed by atoms with Gasteiger partial charge in [-0.2, -0.15) is 0 Å². The molecule has 13 heavy (non-hydrogen) atoms. The van der Waals surface area contributed by atoms with E-state index in [1.807, 2.05) is 14.1 Å². The third-order valence-electron chi connectivity index (χ3n) is 2.01. The van der Waals surface area contributed by atoms with Crippen LogP contribution in [0.3, 0.4) is 0 Å². The van der Waals surface area contributed by atoms with Gasteiger partial charge in [-0.05, 0) is 12.5 Å². The van der Waals surface area contributed by atoms with Crippen molar-refractivity contribution >= 4 is 6.29 Å². The molecule has 0 aromatic heterocycles. The number of hydrogen-bond donors (Lipinski definition) is 1. The third-order valence-corrected chi connectivity index (χ3v) is 2.01. The first-order chi connectivity index (χ1) is 6.25. The molecule has 4 nitrogen and oxygen atoms in total. The predicted octanol–water partition coefficient (Wildman–Crippen LogP) is 0.189. The van der Waals surface area contributed by atoms with E-state index in [1.54, 1.807) is 0 Å². The third kappa shape index (κ3) is 2.73. The summed E-state index contributed by atoms with van der Waals surface area (Å²) in [5, 5.41) is 2.09. The molecule has 1 aliphatic heterocycles. The Labute approximate surface area is 79.2 Å². The fourth-order valence-electron chi connectivity index (χ4n) is 1.39. The molecule has 0 fully saturated rings. The van der Waals surface area contributed by atoms with Gasteiger partial charge in [0.1, 0.15) is 12.1 Å². The van der Waals surface area contributed by atoms with Crippen LogP contribution >= 0.6 is 0 Å². The molecular formula is C9H17N3O. The maximum Gasteiger partial charge on any atom is 0.120 e. The maximum atomic E-state index is 10.1. The van der Waals surface area contributed by atoms with Crippen molar-refractivity contribution in [3.05, 3.63) is 11.9 Å². The summed E-state index contributed by atoms with van der Waals surface area (Å²) >= 11 is 0. The molecule has 0 saturated carbocycles. The Kier molecular flexibility index (Phi) is 3.76. The second-order valence-electron chi connectivity index (χ2n) is 3.28. The highest BCUT2D eigenvalue weighted by Crippen LogP contribution is 2.09. The minimum absolute atomic E-state index is 0.638. The van der Waals surface area contributed by atoms with Crippen molar-refractivity contribution in [2.45, 2.75) is 12.8 Å². The van der Waals surface area contributed by atoms with Crippen molar-refractivity contribution < 1.29 is 4.79 Å². The monoisotopic (exact) mass is 183 g/mol. The van der Waals surface area contributed by atoms with Gasteiger partial charge in [-0.3, -0.25) is 5.01 Å². The van der Waals surface area contributed by atoms with Gasteiger partial charge in [0.2, 0.25) is 0 Å². The molecule has 1 aliphatic rings. The van der Waals surface area contributed by atoms with E-state index in [4.69, 9.17) is 0 Å². The van der Waals surface area contributed by atoms with Crippen LogP contribution in [0.25, 0.3) is 0 Å². The topological polar surface area (TPSA) is 35.6 Å². The van der Waals surface area contributed by atoms with Crippen LogP contribution < -0.4 is 5.43 Å². The molecule has 74 valence electrons. The number of hydrogen-bond acceptors (Lipinski definition) is 4. The first kappa shape index (κ1) is 10.1. The van der Waals surface area contributed by atoms with Crippen LogP contribution in [0.15, 0.2) is 11.9 Å². The van der Waals surface area contributed by atoms with Crippen LogP contribution in [-0.4, -0.2) is 43.4 Å². The number of nitrogens with zero attached hydrogens (tertiary/aromatic N) is 2. The largest absolute Gasteiger partial charge is 0.364 e. The zero-order valence-corrected chi connectivity index (χ0v) is 8.29. The summed E-state index contributed by atoms with van der Waals surface area (Å²) in [7, 11) is 4.04. The first-order valence-electron chi connectivity index (χ1n) is 4.58. The highest BCUT2D eigenvalue weighted by atomic mass is 16.1. The summed E-state index contributed by atoms with van der Waals surface area (Å²) < 4.78 is 0. The molecule has 0 atom stereocenters. The van der Waals surface area contributed by atoms with Crippen LogP contribution in [0.4, 0.5) is 0 Å². The first-order valence-corrected chi connectivity index (χ1v) is 4.58. The van der Waals surface area contributed by atoms with Crippen LogP contribution in [0.2, 0.25) is 0 Å². The Morgan fingerprint density at radius 2 is 2.46 bits per heavy atom. The van der Waals surface area contributed by atoms with E-state index in [9.17, 15) is 4.79 Å². The molecule has 0 amide bonds. The summed E-state index contributed by atoms with van der Waals surface area (Å²) in [6.45, 7) is 1.78. The average Bonchev–Trinajstić information content (AvgIpc) is 2.53. The molecule has 1 heterocycles. The smallest absolute Gasteiger partial charge is 0.120 e. The van der Waals surface area contributed by atoms with Gasteiger partial charge in [-0.1, -0.05) is 0 Å². The van der Waals surface area contributed by atoms with Gasteiger partial charge in [-0.15, -0.1) is 0 Å². The number of rotatable bonds is 5. The Hall–Kier alpha value is -1.03. The molecule has 0 aliphatic carbocycles. The minimum Gasteiger partial charge on any atom is -0.364 e. The van der Waals surface area contributed by atoms with Gasteiger partial charge in [0.05, 0.1) is 0 Å². The molecule has 0 spiro atoms.